The van der Waals surface area contributed by atoms with E-state index >= 15 is 0 Å². The zero-order valence-corrected chi connectivity index (χ0v) is 12.7. The lowest BCUT2D eigenvalue weighted by Crippen LogP contribution is -2.06. The first kappa shape index (κ1) is 15.7. The fourth-order valence-electron chi connectivity index (χ4n) is 2.21. The maximum Gasteiger partial charge on any atom is 0.347 e. The predicted molar refractivity (Wildman–Crippen MR) is 89.3 cm³/mol. The summed E-state index contributed by atoms with van der Waals surface area (Å²) in [5.74, 6) is 0.306. The molecule has 1 heterocycles. The average Bonchev–Trinajstić information content (AvgIpc) is 2.61. The topological polar surface area (TPSA) is 52.3 Å². The van der Waals surface area contributed by atoms with Crippen molar-refractivity contribution in [2.75, 3.05) is 6.61 Å². The van der Waals surface area contributed by atoms with Gasteiger partial charge < -0.3 is 9.15 Å². The number of hydrogen-bond donors (Lipinski definition) is 0. The number of halogens is 1. The molecule has 4 nitrogen and oxygen atoms in total. The van der Waals surface area contributed by atoms with E-state index in [1.165, 1.54) is 30.5 Å². The first-order valence-electron chi connectivity index (χ1n) is 7.28. The lowest BCUT2D eigenvalue weighted by atomic mass is 10.1. The molecule has 0 radical (unpaired) electrons. The molecule has 0 aliphatic rings. The van der Waals surface area contributed by atoms with E-state index in [4.69, 9.17) is 9.15 Å². The van der Waals surface area contributed by atoms with E-state index in [0.29, 0.717) is 29.0 Å². The molecular formula is C19H14FNO3. The van der Waals surface area contributed by atoms with Gasteiger partial charge in [-0.25, -0.2) is 14.2 Å². The van der Waals surface area contributed by atoms with Gasteiger partial charge >= 0.3 is 5.63 Å². The number of ether oxygens (including phenoxy) is 1. The summed E-state index contributed by atoms with van der Waals surface area (Å²) in [6.07, 6.45) is 3.05. The van der Waals surface area contributed by atoms with Gasteiger partial charge in [-0.3, -0.25) is 0 Å². The molecule has 0 aliphatic carbocycles. The molecule has 120 valence electrons. The SMILES string of the molecule is C=CCOc1ccccc1-c1cnc(-c2ccc(F)cc2)oc1=O. The molecular weight excluding hydrogens is 309 g/mol. The third-order valence-corrected chi connectivity index (χ3v) is 3.35. The first-order valence-corrected chi connectivity index (χ1v) is 7.28. The quantitative estimate of drug-likeness (QED) is 0.664. The summed E-state index contributed by atoms with van der Waals surface area (Å²) in [6.45, 7) is 3.93. The van der Waals surface area contributed by atoms with Crippen LogP contribution in [0, 0.1) is 5.82 Å². The Bertz CT molecular complexity index is 916. The smallest absolute Gasteiger partial charge is 0.347 e. The Balaban J connectivity index is 2.01. The Morgan fingerprint density at radius 3 is 2.58 bits per heavy atom. The van der Waals surface area contributed by atoms with Crippen LogP contribution in [0.2, 0.25) is 0 Å². The monoisotopic (exact) mass is 323 g/mol. The van der Waals surface area contributed by atoms with Crippen molar-refractivity contribution in [3.05, 3.63) is 83.6 Å². The Morgan fingerprint density at radius 1 is 1.12 bits per heavy atom. The summed E-state index contributed by atoms with van der Waals surface area (Å²) in [5.41, 5.74) is 0.863. The fraction of sp³-hybridized carbons (Fsp3) is 0.0526. The molecule has 0 bridgehead atoms. The highest BCUT2D eigenvalue weighted by atomic mass is 19.1. The van der Waals surface area contributed by atoms with Gasteiger partial charge in [0.2, 0.25) is 5.89 Å². The summed E-state index contributed by atoms with van der Waals surface area (Å²) in [6, 6.07) is 12.7. The Labute approximate surface area is 137 Å². The van der Waals surface area contributed by atoms with Gasteiger partial charge in [0.1, 0.15) is 18.2 Å². The van der Waals surface area contributed by atoms with Gasteiger partial charge in [-0.1, -0.05) is 30.9 Å². The summed E-state index contributed by atoms with van der Waals surface area (Å²) in [7, 11) is 0. The number of hydrogen-bond acceptors (Lipinski definition) is 4. The van der Waals surface area contributed by atoms with Crippen LogP contribution in [-0.4, -0.2) is 11.6 Å². The van der Waals surface area contributed by atoms with E-state index in [9.17, 15) is 9.18 Å². The lowest BCUT2D eigenvalue weighted by Gasteiger charge is -2.09. The van der Waals surface area contributed by atoms with Crippen LogP contribution in [0.3, 0.4) is 0 Å². The van der Waals surface area contributed by atoms with Gasteiger partial charge in [0, 0.05) is 17.3 Å². The molecule has 0 amide bonds. The molecule has 1 aromatic heterocycles. The van der Waals surface area contributed by atoms with Crippen LogP contribution >= 0.6 is 0 Å². The van der Waals surface area contributed by atoms with Gasteiger partial charge in [0.05, 0.1) is 5.56 Å². The van der Waals surface area contributed by atoms with E-state index in [-0.39, 0.29) is 11.7 Å². The number of para-hydroxylation sites is 1. The summed E-state index contributed by atoms with van der Waals surface area (Å²) >= 11 is 0. The van der Waals surface area contributed by atoms with Gasteiger partial charge in [0.15, 0.2) is 0 Å². The van der Waals surface area contributed by atoms with Crippen LogP contribution in [0.4, 0.5) is 4.39 Å². The summed E-state index contributed by atoms with van der Waals surface area (Å²) < 4.78 is 23.8. The minimum absolute atomic E-state index is 0.133. The Kier molecular flexibility index (Phi) is 4.52. The van der Waals surface area contributed by atoms with E-state index in [1.54, 1.807) is 24.3 Å². The minimum atomic E-state index is -0.543. The van der Waals surface area contributed by atoms with E-state index in [1.807, 2.05) is 6.07 Å². The van der Waals surface area contributed by atoms with E-state index in [0.717, 1.165) is 0 Å². The van der Waals surface area contributed by atoms with Crippen molar-refractivity contribution in [3.63, 3.8) is 0 Å². The zero-order chi connectivity index (χ0) is 16.9. The van der Waals surface area contributed by atoms with Crippen molar-refractivity contribution in [2.24, 2.45) is 0 Å². The molecule has 0 atom stereocenters. The number of nitrogens with zero attached hydrogens (tertiary/aromatic N) is 1. The van der Waals surface area contributed by atoms with Crippen LogP contribution in [0.1, 0.15) is 0 Å². The van der Waals surface area contributed by atoms with Gasteiger partial charge in [0.25, 0.3) is 0 Å². The second kappa shape index (κ2) is 6.91. The van der Waals surface area contributed by atoms with Gasteiger partial charge in [-0.2, -0.15) is 0 Å². The molecule has 0 saturated carbocycles. The van der Waals surface area contributed by atoms with Crippen molar-refractivity contribution in [1.82, 2.24) is 4.98 Å². The molecule has 0 N–H and O–H groups in total. The molecule has 0 fully saturated rings. The zero-order valence-electron chi connectivity index (χ0n) is 12.7. The molecule has 0 aliphatic heterocycles. The highest BCUT2D eigenvalue weighted by molar-refractivity contribution is 5.69. The van der Waals surface area contributed by atoms with Gasteiger partial charge in [-0.05, 0) is 30.3 Å². The maximum atomic E-state index is 13.0. The first-order chi connectivity index (χ1) is 11.7. The van der Waals surface area contributed by atoms with Gasteiger partial charge in [-0.15, -0.1) is 0 Å². The molecule has 0 spiro atoms. The van der Waals surface area contributed by atoms with Crippen molar-refractivity contribution < 1.29 is 13.5 Å². The number of aromatic nitrogens is 1. The largest absolute Gasteiger partial charge is 0.489 e. The Morgan fingerprint density at radius 2 is 1.88 bits per heavy atom. The average molecular weight is 323 g/mol. The standard InChI is InChI=1S/C19H14FNO3/c1-2-11-23-17-6-4-3-5-15(17)16-12-21-18(24-19(16)22)13-7-9-14(20)10-8-13/h2-10,12H,1,11H2. The van der Waals surface area contributed by atoms with Crippen LogP contribution in [0.25, 0.3) is 22.6 Å². The fourth-order valence-corrected chi connectivity index (χ4v) is 2.21. The van der Waals surface area contributed by atoms with Crippen molar-refractivity contribution in [2.45, 2.75) is 0 Å². The lowest BCUT2D eigenvalue weighted by molar-refractivity contribution is 0.364. The highest BCUT2D eigenvalue weighted by Crippen LogP contribution is 2.28. The Hall–Kier alpha value is -3.21. The molecule has 0 unspecified atom stereocenters. The van der Waals surface area contributed by atoms with E-state index < -0.39 is 5.63 Å². The third-order valence-electron chi connectivity index (χ3n) is 3.35. The highest BCUT2D eigenvalue weighted by Gasteiger charge is 2.13. The molecule has 5 heteroatoms. The number of rotatable bonds is 5. The van der Waals surface area contributed by atoms with Crippen molar-refractivity contribution in [3.8, 4) is 28.3 Å². The van der Waals surface area contributed by atoms with Crippen molar-refractivity contribution in [1.29, 1.82) is 0 Å². The van der Waals surface area contributed by atoms with Crippen molar-refractivity contribution >= 4 is 0 Å². The second-order valence-electron chi connectivity index (χ2n) is 4.97. The van der Waals surface area contributed by atoms with Crippen LogP contribution in [-0.2, 0) is 0 Å². The number of benzene rings is 2. The molecule has 3 rings (SSSR count). The molecule has 24 heavy (non-hydrogen) atoms. The minimum Gasteiger partial charge on any atom is -0.489 e. The van der Waals surface area contributed by atoms with Crippen LogP contribution in [0.5, 0.6) is 5.75 Å². The second-order valence-corrected chi connectivity index (χ2v) is 4.97. The molecule has 0 saturated heterocycles. The third kappa shape index (κ3) is 3.25. The predicted octanol–water partition coefficient (Wildman–Crippen LogP) is 4.07. The van der Waals surface area contributed by atoms with Crippen LogP contribution in [0.15, 0.2) is 76.6 Å². The maximum absolute atomic E-state index is 13.0. The summed E-state index contributed by atoms with van der Waals surface area (Å²) in [5, 5.41) is 0. The molecule has 2 aromatic carbocycles. The normalized spacial score (nSPS) is 10.4. The van der Waals surface area contributed by atoms with E-state index in [2.05, 4.69) is 11.6 Å². The molecule has 3 aromatic rings. The summed E-state index contributed by atoms with van der Waals surface area (Å²) in [4.78, 5) is 16.5. The van der Waals surface area contributed by atoms with Crippen LogP contribution < -0.4 is 10.4 Å².